The first kappa shape index (κ1) is 69.5. The lowest BCUT2D eigenvalue weighted by Gasteiger charge is -2.72. The lowest BCUT2D eigenvalue weighted by atomic mass is 9.30. The molecule has 3 saturated carbocycles. The number of allylic oxidation sites excluding steroid dienone is 4. The predicted octanol–water partition coefficient (Wildman–Crippen LogP) is 19.5. The van der Waals surface area contributed by atoms with Crippen LogP contribution in [-0.4, -0.2) is 71.9 Å². The van der Waals surface area contributed by atoms with Gasteiger partial charge in [0.1, 0.15) is 0 Å². The fourth-order valence-electron chi connectivity index (χ4n) is 23.9. The quantitative estimate of drug-likeness (QED) is 0.135. The third kappa shape index (κ3) is 9.74. The van der Waals surface area contributed by atoms with Crippen LogP contribution in [0.4, 0.5) is 0 Å². The van der Waals surface area contributed by atoms with Crippen LogP contribution in [0, 0.1) is 86.8 Å². The van der Waals surface area contributed by atoms with Gasteiger partial charge in [-0.1, -0.05) is 246 Å². The third-order valence-electron chi connectivity index (χ3n) is 29.4. The van der Waals surface area contributed by atoms with Crippen LogP contribution in [0.25, 0.3) is 0 Å². The van der Waals surface area contributed by atoms with E-state index in [1.165, 1.54) is 33.4 Å². The molecule has 0 amide bonds. The van der Waals surface area contributed by atoms with Crippen LogP contribution in [0.15, 0.2) is 144 Å². The van der Waals surface area contributed by atoms with E-state index >= 15 is 0 Å². The minimum atomic E-state index is -0.610. The first-order chi connectivity index (χ1) is 47.3. The van der Waals surface area contributed by atoms with Crippen LogP contribution < -0.4 is 0 Å². The Labute approximate surface area is 598 Å². The van der Waals surface area contributed by atoms with Crippen molar-refractivity contribution in [3.05, 3.63) is 199 Å². The topological polar surface area (TPSA) is 92.3 Å². The molecule has 0 radical (unpaired) electrons. The molecule has 5 aromatic carbocycles. The van der Waals surface area contributed by atoms with Gasteiger partial charge in [-0.25, -0.2) is 0 Å². The first-order valence-electron chi connectivity index (χ1n) is 38.6. The van der Waals surface area contributed by atoms with Gasteiger partial charge >= 0.3 is 0 Å². The average Bonchev–Trinajstić information content (AvgIpc) is 1.42. The fraction of sp³-hybridized carbons (Fsp3) is 0.622. The molecule has 5 aliphatic heterocycles. The highest BCUT2D eigenvalue weighted by Gasteiger charge is 2.82. The Balaban J connectivity index is 1.02. The summed E-state index contributed by atoms with van der Waals surface area (Å²) in [6.45, 7) is 55.4. The molecular formula is C90H116O10. The van der Waals surface area contributed by atoms with Gasteiger partial charge in [0.15, 0.2) is 30.9 Å². The van der Waals surface area contributed by atoms with E-state index in [0.717, 1.165) is 22.3 Å². The number of hydrogen-bond donors (Lipinski definition) is 0. The monoisotopic (exact) mass is 1360 g/mol. The molecular weight excluding hydrogens is 1240 g/mol. The summed E-state index contributed by atoms with van der Waals surface area (Å²) in [5.41, 5.74) is 16.9. The summed E-state index contributed by atoms with van der Waals surface area (Å²) in [6, 6.07) is 49.5. The summed E-state index contributed by atoms with van der Waals surface area (Å²) in [7, 11) is 0. The Morgan fingerprint density at radius 1 is 0.260 bits per heavy atom. The molecule has 100 heavy (non-hydrogen) atoms. The van der Waals surface area contributed by atoms with E-state index in [-0.39, 0.29) is 98.1 Å². The molecule has 0 bridgehead atoms. The lowest BCUT2D eigenvalue weighted by Crippen LogP contribution is -2.70. The van der Waals surface area contributed by atoms with Crippen LogP contribution >= 0.6 is 0 Å². The van der Waals surface area contributed by atoms with Crippen molar-refractivity contribution in [3.63, 3.8) is 0 Å². The van der Waals surface area contributed by atoms with Gasteiger partial charge in [0.05, 0.1) is 66.1 Å². The summed E-state index contributed by atoms with van der Waals surface area (Å²) in [5, 5.41) is 0. The average molecular weight is 1360 g/mol. The van der Waals surface area contributed by atoms with Gasteiger partial charge in [-0.2, -0.15) is 0 Å². The van der Waals surface area contributed by atoms with Gasteiger partial charge in [0, 0.05) is 82.8 Å². The molecule has 6 unspecified atom stereocenters. The molecule has 8 fully saturated rings. The zero-order valence-electron chi connectivity index (χ0n) is 63.9. The highest BCUT2D eigenvalue weighted by Crippen LogP contribution is 2.86. The normalized spacial score (nSPS) is 39.2. The SMILES string of the molecule is C[C@@H]1[C@H](C)C2(c3ccc(C4OCC(C)(C)CO4)cc3)C3=C4C5=C6C3C(c3ccc(C7COC(C)(C)OC7)cc3)([C@H](C)[C@H](C)C6(c3ccc(C6OCC(C)(C)CO6)cc3)[C@H](C)[C@H](C)C5(c3ccc(C5OCC(C)(C)CO5)cc3)[C@H](C)[C@H](C)C41c1ccc(C3OCC(C)(C)CO3)cc1)[C@@H](C)[C@H]2C. The molecule has 11 aliphatic rings. The molecule has 16 atom stereocenters. The van der Waals surface area contributed by atoms with E-state index < -0.39 is 52.6 Å². The van der Waals surface area contributed by atoms with E-state index in [1.807, 2.05) is 13.8 Å². The molecule has 5 saturated heterocycles. The molecule has 10 heteroatoms. The van der Waals surface area contributed by atoms with Crippen LogP contribution in [-0.2, 0) is 74.4 Å². The van der Waals surface area contributed by atoms with Gasteiger partial charge in [0.2, 0.25) is 0 Å². The van der Waals surface area contributed by atoms with Crippen LogP contribution in [0.3, 0.4) is 0 Å². The molecule has 0 spiro atoms. The molecule has 6 aliphatic carbocycles. The largest absolute Gasteiger partial charge is 0.350 e. The predicted molar refractivity (Wildman–Crippen MR) is 392 cm³/mol. The van der Waals surface area contributed by atoms with Crippen LogP contribution in [0.1, 0.15) is 225 Å². The van der Waals surface area contributed by atoms with E-state index in [0.29, 0.717) is 66.1 Å². The smallest absolute Gasteiger partial charge is 0.183 e. The summed E-state index contributed by atoms with van der Waals surface area (Å²) < 4.78 is 65.9. The zero-order valence-corrected chi connectivity index (χ0v) is 63.9. The molecule has 5 heterocycles. The first-order valence-corrected chi connectivity index (χ1v) is 38.6. The van der Waals surface area contributed by atoms with Crippen molar-refractivity contribution in [2.75, 3.05) is 66.1 Å². The molecule has 0 aromatic heterocycles. The number of hydrogen-bond acceptors (Lipinski definition) is 10. The van der Waals surface area contributed by atoms with Gasteiger partial charge in [0.25, 0.3) is 0 Å². The summed E-state index contributed by atoms with van der Waals surface area (Å²) in [5.74, 6) is 1.21. The van der Waals surface area contributed by atoms with Gasteiger partial charge in [-0.15, -0.1) is 0 Å². The Morgan fingerprint density at radius 2 is 0.480 bits per heavy atom. The van der Waals surface area contributed by atoms with Crippen molar-refractivity contribution < 1.29 is 47.4 Å². The Kier molecular flexibility index (Phi) is 16.6. The highest BCUT2D eigenvalue weighted by molar-refractivity contribution is 5.78. The minimum Gasteiger partial charge on any atom is -0.350 e. The Hall–Kier alpha value is -4.82. The number of ether oxygens (including phenoxy) is 10. The molecule has 0 N–H and O–H groups in total. The van der Waals surface area contributed by atoms with Crippen molar-refractivity contribution in [1.29, 1.82) is 0 Å². The van der Waals surface area contributed by atoms with Crippen molar-refractivity contribution >= 4 is 0 Å². The minimum absolute atomic E-state index is 0.0128. The van der Waals surface area contributed by atoms with Crippen molar-refractivity contribution in [2.45, 2.75) is 202 Å². The molecule has 536 valence electrons. The highest BCUT2D eigenvalue weighted by atomic mass is 16.7. The Bertz CT molecular complexity index is 3720. The maximum absolute atomic E-state index is 6.63. The zero-order chi connectivity index (χ0) is 70.6. The maximum Gasteiger partial charge on any atom is 0.183 e. The van der Waals surface area contributed by atoms with Crippen LogP contribution in [0.5, 0.6) is 0 Å². The second-order valence-corrected chi connectivity index (χ2v) is 37.6. The lowest BCUT2D eigenvalue weighted by molar-refractivity contribution is -0.251. The van der Waals surface area contributed by atoms with Gasteiger partial charge in [-0.05, 0) is 129 Å². The van der Waals surface area contributed by atoms with E-state index in [4.69, 9.17) is 47.4 Å². The summed E-state index contributed by atoms with van der Waals surface area (Å²) in [6.07, 6.45) is -1.72. The standard InChI is InChI=1S/C90H116O10/c1-51-53(3)87(68-33-23-62(24-34-68)77-91-43-81(11,12)44-92-77)55(5)57(7)89(70-37-27-64(28-38-70)79-95-47-83(15,16)48-96-79)59(9)60(10)90(71-39-29-65(30-40-71)80-97-49-84(17,18)50-98-80)58(8)56(6)88(69-35-25-63(26-36-69)78-93-45-82(13,14)46-94-78)54(4)52(2)86(51,72-73(87)75(89)76(90)74(72)88)67-31-21-61(22-32-67)66-41-99-85(19,20)100-42-66/h21-40,51-60,66,72,77-80H,41-50H2,1-20H3/t51-,52+,53+,54-,55-,56+,57+,58-,59-,60+,72?,86?,87?,88?,89?,90?. The van der Waals surface area contributed by atoms with Gasteiger partial charge < -0.3 is 47.4 Å². The van der Waals surface area contributed by atoms with Gasteiger partial charge in [-0.3, -0.25) is 0 Å². The fourth-order valence-corrected chi connectivity index (χ4v) is 23.9. The van der Waals surface area contributed by atoms with Crippen molar-refractivity contribution in [3.8, 4) is 0 Å². The molecule has 10 nitrogen and oxygen atoms in total. The van der Waals surface area contributed by atoms with Crippen LogP contribution in [0.2, 0.25) is 0 Å². The number of benzene rings is 5. The van der Waals surface area contributed by atoms with E-state index in [1.54, 1.807) is 22.3 Å². The third-order valence-corrected chi connectivity index (χ3v) is 29.4. The van der Waals surface area contributed by atoms with Crippen molar-refractivity contribution in [1.82, 2.24) is 0 Å². The molecule has 16 rings (SSSR count). The second-order valence-electron chi connectivity index (χ2n) is 37.6. The van der Waals surface area contributed by atoms with E-state index in [9.17, 15) is 0 Å². The van der Waals surface area contributed by atoms with E-state index in [2.05, 4.69) is 246 Å². The number of rotatable bonds is 10. The van der Waals surface area contributed by atoms with Crippen molar-refractivity contribution in [2.24, 2.45) is 86.8 Å². The maximum atomic E-state index is 6.63. The molecule has 5 aromatic rings. The second kappa shape index (κ2) is 23.8. The summed E-state index contributed by atoms with van der Waals surface area (Å²) >= 11 is 0. The Morgan fingerprint density at radius 3 is 0.750 bits per heavy atom. The summed E-state index contributed by atoms with van der Waals surface area (Å²) in [4.78, 5) is 0.